The molecule has 0 aliphatic carbocycles. The smallest absolute Gasteiger partial charge is 0.330 e. The van der Waals surface area contributed by atoms with Crippen molar-refractivity contribution in [2.45, 2.75) is 50.5 Å². The molecule has 0 radical (unpaired) electrons. The molecule has 0 bridgehead atoms. The topological polar surface area (TPSA) is 26.3 Å². The van der Waals surface area contributed by atoms with Gasteiger partial charge >= 0.3 is 5.97 Å². The number of rotatable bonds is 10. The number of halogens is 2. The van der Waals surface area contributed by atoms with Gasteiger partial charge in [-0.25, -0.2) is 13.6 Å². The van der Waals surface area contributed by atoms with Gasteiger partial charge in [-0.1, -0.05) is 32.3 Å². The molecule has 0 aliphatic heterocycles. The van der Waals surface area contributed by atoms with Crippen LogP contribution in [0.25, 0.3) is 0 Å². The zero-order chi connectivity index (χ0) is 13.1. The molecule has 100 valence electrons. The fourth-order valence-corrected chi connectivity index (χ4v) is 1.83. The average Bonchev–Trinajstić information content (AvgIpc) is 2.25. The third-order valence-electron chi connectivity index (χ3n) is 2.42. The molecular formula is C12H22F2O2Si. The zero-order valence-electron chi connectivity index (χ0n) is 10.5. The van der Waals surface area contributed by atoms with E-state index in [1.54, 1.807) is 0 Å². The highest BCUT2D eigenvalue weighted by atomic mass is 28.1. The number of unbranched alkanes of at least 4 members (excludes halogenated alkanes) is 5. The third kappa shape index (κ3) is 13.2. The molecule has 2 nitrogen and oxygen atoms in total. The van der Waals surface area contributed by atoms with Crippen molar-refractivity contribution in [2.24, 2.45) is 0 Å². The van der Waals surface area contributed by atoms with Crippen LogP contribution in [0, 0.1) is 0 Å². The minimum absolute atomic E-state index is 0.0379. The summed E-state index contributed by atoms with van der Waals surface area (Å²) in [4.78, 5) is 10.7. The summed E-state index contributed by atoms with van der Waals surface area (Å²) in [6.45, 7) is 3.72. The third-order valence-corrected chi connectivity index (χ3v) is 2.92. The molecule has 0 heterocycles. The van der Waals surface area contributed by atoms with Gasteiger partial charge in [-0.15, -0.1) is 0 Å². The van der Waals surface area contributed by atoms with Crippen LogP contribution >= 0.6 is 0 Å². The molecule has 0 aliphatic rings. The summed E-state index contributed by atoms with van der Waals surface area (Å²) >= 11 is 0. The van der Waals surface area contributed by atoms with Crippen LogP contribution in [-0.2, 0) is 9.53 Å². The molecule has 0 saturated carbocycles. The van der Waals surface area contributed by atoms with Crippen molar-refractivity contribution in [3.05, 3.63) is 12.7 Å². The summed E-state index contributed by atoms with van der Waals surface area (Å²) in [5.41, 5.74) is -2.39. The van der Waals surface area contributed by atoms with E-state index >= 15 is 0 Å². The minimum Gasteiger partial charge on any atom is -0.463 e. The molecule has 0 aromatic carbocycles. The summed E-state index contributed by atoms with van der Waals surface area (Å²) in [6.07, 6.45) is 6.46. The Labute approximate surface area is 105 Å². The maximum Gasteiger partial charge on any atom is 0.330 e. The Balaban J connectivity index is 3.14. The van der Waals surface area contributed by atoms with Crippen LogP contribution in [0.1, 0.15) is 44.9 Å². The highest BCUT2D eigenvalue weighted by molar-refractivity contribution is 6.13. The standard InChI is InChI=1S/C12H22F2O2Si/c1-2-11(15)16-10-8-6-4-3-5-7-9-12(13,14)17/h2H,1,3-10H2,17H3. The number of esters is 1. The van der Waals surface area contributed by atoms with E-state index in [1.165, 1.54) is 0 Å². The van der Waals surface area contributed by atoms with Crippen LogP contribution in [0.15, 0.2) is 12.7 Å². The second-order valence-corrected chi connectivity index (χ2v) is 5.78. The molecule has 0 aromatic heterocycles. The number of hydrogen-bond donors (Lipinski definition) is 0. The number of carbonyl (C=O) groups is 1. The number of hydrogen-bond acceptors (Lipinski definition) is 2. The zero-order valence-corrected chi connectivity index (χ0v) is 12.5. The summed E-state index contributed by atoms with van der Waals surface area (Å²) in [7, 11) is -0.0430. The monoisotopic (exact) mass is 264 g/mol. The first-order valence-electron chi connectivity index (χ1n) is 6.13. The first kappa shape index (κ1) is 16.3. The normalized spacial score (nSPS) is 11.4. The molecule has 0 rings (SSSR count). The van der Waals surface area contributed by atoms with Crippen molar-refractivity contribution in [1.29, 1.82) is 0 Å². The van der Waals surface area contributed by atoms with Gasteiger partial charge in [-0.05, 0) is 12.8 Å². The predicted octanol–water partition coefficient (Wildman–Crippen LogP) is 2.40. The van der Waals surface area contributed by atoms with Crippen LogP contribution < -0.4 is 0 Å². The largest absolute Gasteiger partial charge is 0.463 e. The van der Waals surface area contributed by atoms with Crippen molar-refractivity contribution >= 4 is 16.2 Å². The lowest BCUT2D eigenvalue weighted by Crippen LogP contribution is -2.14. The fourth-order valence-electron chi connectivity index (χ4n) is 1.48. The molecule has 0 spiro atoms. The summed E-state index contributed by atoms with van der Waals surface area (Å²) in [5.74, 6) is -0.389. The first-order chi connectivity index (χ1) is 7.95. The summed E-state index contributed by atoms with van der Waals surface area (Å²) in [6, 6.07) is 0. The lowest BCUT2D eigenvalue weighted by atomic mass is 10.1. The van der Waals surface area contributed by atoms with E-state index in [0.717, 1.165) is 38.2 Å². The Morgan fingerprint density at radius 1 is 1.18 bits per heavy atom. The van der Waals surface area contributed by atoms with Gasteiger partial charge in [0, 0.05) is 12.5 Å². The van der Waals surface area contributed by atoms with Crippen LogP contribution in [0.5, 0.6) is 0 Å². The quantitative estimate of drug-likeness (QED) is 0.262. The fraction of sp³-hybridized carbons (Fsp3) is 0.750. The predicted molar refractivity (Wildman–Crippen MR) is 68.4 cm³/mol. The Bertz CT molecular complexity index is 227. The molecule has 0 amide bonds. The van der Waals surface area contributed by atoms with Crippen molar-refractivity contribution in [2.75, 3.05) is 6.61 Å². The molecule has 17 heavy (non-hydrogen) atoms. The Morgan fingerprint density at radius 3 is 2.24 bits per heavy atom. The highest BCUT2D eigenvalue weighted by Gasteiger charge is 2.18. The molecule has 0 fully saturated rings. The van der Waals surface area contributed by atoms with Gasteiger partial charge in [-0.3, -0.25) is 0 Å². The number of alkyl halides is 2. The first-order valence-corrected chi connectivity index (χ1v) is 7.13. The second kappa shape index (κ2) is 9.33. The SMILES string of the molecule is C=CC(=O)OCCCCCCCCC(F)(F)[SiH3]. The molecule has 0 aromatic rings. The molecular weight excluding hydrogens is 242 g/mol. The van der Waals surface area contributed by atoms with Crippen molar-refractivity contribution in [3.8, 4) is 0 Å². The van der Waals surface area contributed by atoms with E-state index in [4.69, 9.17) is 4.74 Å². The van der Waals surface area contributed by atoms with Crippen LogP contribution in [0.3, 0.4) is 0 Å². The molecule has 0 atom stereocenters. The minimum atomic E-state index is -2.39. The van der Waals surface area contributed by atoms with E-state index in [-0.39, 0.29) is 22.6 Å². The molecule has 0 N–H and O–H groups in total. The van der Waals surface area contributed by atoms with Gasteiger partial charge in [0.1, 0.15) is 0 Å². The van der Waals surface area contributed by atoms with E-state index in [0.29, 0.717) is 13.0 Å². The average molecular weight is 264 g/mol. The van der Waals surface area contributed by atoms with Crippen LogP contribution in [0.2, 0.25) is 0 Å². The van der Waals surface area contributed by atoms with E-state index in [9.17, 15) is 13.6 Å². The van der Waals surface area contributed by atoms with Crippen molar-refractivity contribution in [3.63, 3.8) is 0 Å². The van der Waals surface area contributed by atoms with Crippen molar-refractivity contribution < 1.29 is 18.3 Å². The van der Waals surface area contributed by atoms with Crippen LogP contribution in [-0.4, -0.2) is 28.4 Å². The van der Waals surface area contributed by atoms with E-state index in [2.05, 4.69) is 6.58 Å². The number of carbonyl (C=O) groups excluding carboxylic acids is 1. The maximum absolute atomic E-state index is 12.5. The van der Waals surface area contributed by atoms with E-state index in [1.807, 2.05) is 0 Å². The highest BCUT2D eigenvalue weighted by Crippen LogP contribution is 2.18. The number of ether oxygens (including phenoxy) is 1. The molecule has 0 unspecified atom stereocenters. The summed E-state index contributed by atoms with van der Waals surface area (Å²) in [5, 5.41) is 0. The van der Waals surface area contributed by atoms with Gasteiger partial charge in [-0.2, -0.15) is 0 Å². The van der Waals surface area contributed by atoms with Crippen LogP contribution in [0.4, 0.5) is 8.78 Å². The lowest BCUT2D eigenvalue weighted by Gasteiger charge is -2.09. The van der Waals surface area contributed by atoms with Gasteiger partial charge in [0.15, 0.2) is 0 Å². The Kier molecular flexibility index (Phi) is 8.94. The van der Waals surface area contributed by atoms with Gasteiger partial charge in [0.05, 0.1) is 16.8 Å². The summed E-state index contributed by atoms with van der Waals surface area (Å²) < 4.78 is 29.8. The van der Waals surface area contributed by atoms with Gasteiger partial charge < -0.3 is 4.74 Å². The Hall–Kier alpha value is -0.713. The molecule has 5 heteroatoms. The van der Waals surface area contributed by atoms with Gasteiger partial charge in [0.25, 0.3) is 0 Å². The van der Waals surface area contributed by atoms with Gasteiger partial charge in [0.2, 0.25) is 5.55 Å². The Morgan fingerprint density at radius 2 is 1.71 bits per heavy atom. The van der Waals surface area contributed by atoms with E-state index < -0.39 is 5.55 Å². The maximum atomic E-state index is 12.5. The van der Waals surface area contributed by atoms with Crippen molar-refractivity contribution in [1.82, 2.24) is 0 Å². The molecule has 0 saturated heterocycles. The lowest BCUT2D eigenvalue weighted by molar-refractivity contribution is -0.137. The second-order valence-electron chi connectivity index (χ2n) is 4.31.